The summed E-state index contributed by atoms with van der Waals surface area (Å²) in [4.78, 5) is 4.81. The Hall–Kier alpha value is -2.87. The van der Waals surface area contributed by atoms with Crippen LogP contribution in [-0.2, 0) is 0 Å². The van der Waals surface area contributed by atoms with E-state index in [9.17, 15) is 0 Å². The molecule has 0 N–H and O–H groups in total. The molecule has 2 heterocycles. The van der Waals surface area contributed by atoms with Crippen molar-refractivity contribution in [3.8, 4) is 22.8 Å². The molecule has 4 aromatic rings. The highest BCUT2D eigenvalue weighted by atomic mass is 16.5. The first kappa shape index (κ1) is 10.9. The molecule has 0 atom stereocenters. The first-order chi connectivity index (χ1) is 10.4. The van der Waals surface area contributed by atoms with Gasteiger partial charge in [-0.3, -0.25) is 0 Å². The molecule has 0 amide bonds. The molecule has 2 nitrogen and oxygen atoms in total. The highest BCUT2D eigenvalue weighted by molar-refractivity contribution is 6.04. The Kier molecular flexibility index (Phi) is 1.98. The Morgan fingerprint density at radius 3 is 2.48 bits per heavy atom. The summed E-state index contributed by atoms with van der Waals surface area (Å²) in [6.07, 6.45) is 0. The maximum Gasteiger partial charge on any atom is 0.154 e. The number of hydrogen-bond acceptors (Lipinski definition) is 2. The smallest absolute Gasteiger partial charge is 0.154 e. The van der Waals surface area contributed by atoms with Crippen molar-refractivity contribution in [2.75, 3.05) is 0 Å². The van der Waals surface area contributed by atoms with Crippen LogP contribution in [0, 0.1) is 0 Å². The number of aromatic nitrogens is 1. The number of ether oxygens (including phenoxy) is 1. The minimum Gasteiger partial charge on any atom is -0.454 e. The molecule has 0 unspecified atom stereocenters. The van der Waals surface area contributed by atoms with Crippen molar-refractivity contribution in [2.24, 2.45) is 0 Å². The van der Waals surface area contributed by atoms with Gasteiger partial charge in [-0.15, -0.1) is 0 Å². The molecule has 0 saturated carbocycles. The van der Waals surface area contributed by atoms with Gasteiger partial charge in [0.2, 0.25) is 0 Å². The summed E-state index contributed by atoms with van der Waals surface area (Å²) in [5, 5.41) is 3.43. The zero-order valence-electron chi connectivity index (χ0n) is 11.2. The second-order valence-electron chi connectivity index (χ2n) is 5.29. The molecule has 0 bridgehead atoms. The number of rotatable bonds is 0. The highest BCUT2D eigenvalue weighted by Gasteiger charge is 2.21. The van der Waals surface area contributed by atoms with Crippen LogP contribution in [0.2, 0.25) is 0 Å². The molecule has 0 saturated heterocycles. The minimum atomic E-state index is 0.833. The van der Waals surface area contributed by atoms with Gasteiger partial charge in [-0.05, 0) is 23.6 Å². The number of nitrogens with zero attached hydrogens (tertiary/aromatic N) is 1. The fourth-order valence-electron chi connectivity index (χ4n) is 3.07. The molecule has 0 fully saturated rings. The van der Waals surface area contributed by atoms with E-state index in [-0.39, 0.29) is 0 Å². The van der Waals surface area contributed by atoms with E-state index in [0.717, 1.165) is 39.0 Å². The summed E-state index contributed by atoms with van der Waals surface area (Å²) < 4.78 is 6.10. The topological polar surface area (TPSA) is 22.1 Å². The van der Waals surface area contributed by atoms with Crippen molar-refractivity contribution in [1.82, 2.24) is 4.98 Å². The van der Waals surface area contributed by atoms with Crippen LogP contribution in [0.3, 0.4) is 0 Å². The van der Waals surface area contributed by atoms with Crippen molar-refractivity contribution in [1.29, 1.82) is 0 Å². The van der Waals surface area contributed by atoms with E-state index in [1.807, 2.05) is 30.3 Å². The quantitative estimate of drug-likeness (QED) is 0.387. The Bertz CT molecular complexity index is 1020. The number of benzene rings is 3. The third-order valence-electron chi connectivity index (χ3n) is 4.03. The molecular formula is C19H11NO. The monoisotopic (exact) mass is 269 g/mol. The second-order valence-corrected chi connectivity index (χ2v) is 5.29. The lowest BCUT2D eigenvalue weighted by atomic mass is 9.98. The van der Waals surface area contributed by atoms with Crippen LogP contribution in [-0.4, -0.2) is 4.98 Å². The summed E-state index contributed by atoms with van der Waals surface area (Å²) in [5.41, 5.74) is 3.07. The number of hydrogen-bond donors (Lipinski definition) is 0. The van der Waals surface area contributed by atoms with Crippen molar-refractivity contribution in [3.05, 3.63) is 66.7 Å². The number of pyridine rings is 1. The fourth-order valence-corrected chi connectivity index (χ4v) is 3.07. The molecule has 1 aliphatic rings. The van der Waals surface area contributed by atoms with E-state index < -0.39 is 0 Å². The molecule has 1 aliphatic heterocycles. The van der Waals surface area contributed by atoms with Crippen molar-refractivity contribution >= 4 is 21.7 Å². The summed E-state index contributed by atoms with van der Waals surface area (Å²) in [6.45, 7) is 0. The van der Waals surface area contributed by atoms with Crippen LogP contribution in [0.15, 0.2) is 66.7 Å². The van der Waals surface area contributed by atoms with Crippen molar-refractivity contribution in [3.63, 3.8) is 0 Å². The molecule has 0 radical (unpaired) electrons. The van der Waals surface area contributed by atoms with E-state index in [4.69, 9.17) is 9.72 Å². The van der Waals surface area contributed by atoms with Gasteiger partial charge in [0.25, 0.3) is 0 Å². The first-order valence-electron chi connectivity index (χ1n) is 7.00. The molecule has 2 heteroatoms. The highest BCUT2D eigenvalue weighted by Crippen LogP contribution is 2.45. The lowest BCUT2D eigenvalue weighted by Crippen LogP contribution is -1.99. The molecule has 21 heavy (non-hydrogen) atoms. The molecule has 5 rings (SSSR count). The fraction of sp³-hybridized carbons (Fsp3) is 0. The van der Waals surface area contributed by atoms with Crippen molar-refractivity contribution in [2.45, 2.75) is 0 Å². The van der Waals surface area contributed by atoms with E-state index in [2.05, 4.69) is 36.4 Å². The van der Waals surface area contributed by atoms with Gasteiger partial charge < -0.3 is 4.74 Å². The van der Waals surface area contributed by atoms with Crippen LogP contribution in [0.4, 0.5) is 0 Å². The largest absolute Gasteiger partial charge is 0.454 e. The predicted molar refractivity (Wildman–Crippen MR) is 84.8 cm³/mol. The molecule has 1 aromatic heterocycles. The average molecular weight is 269 g/mol. The van der Waals surface area contributed by atoms with Crippen LogP contribution >= 0.6 is 0 Å². The Balaban J connectivity index is 1.95. The summed E-state index contributed by atoms with van der Waals surface area (Å²) in [5.74, 6) is 1.74. The normalized spacial score (nSPS) is 12.2. The van der Waals surface area contributed by atoms with Crippen LogP contribution in [0.25, 0.3) is 32.9 Å². The second kappa shape index (κ2) is 3.83. The molecule has 98 valence electrons. The van der Waals surface area contributed by atoms with Gasteiger partial charge in [-0.1, -0.05) is 48.5 Å². The van der Waals surface area contributed by atoms with E-state index in [1.165, 1.54) is 5.39 Å². The zero-order chi connectivity index (χ0) is 13.8. The third kappa shape index (κ3) is 1.44. The minimum absolute atomic E-state index is 0.833. The van der Waals surface area contributed by atoms with Gasteiger partial charge in [0, 0.05) is 16.3 Å². The van der Waals surface area contributed by atoms with Crippen molar-refractivity contribution < 1.29 is 4.74 Å². The zero-order valence-corrected chi connectivity index (χ0v) is 11.2. The maximum atomic E-state index is 6.10. The van der Waals surface area contributed by atoms with Gasteiger partial charge in [0.05, 0.1) is 5.52 Å². The van der Waals surface area contributed by atoms with E-state index >= 15 is 0 Å². The SMILES string of the molecule is c1ccc2nc3c(cc2c1)Oc1cccc2cccc-3c12. The molecule has 3 aromatic carbocycles. The van der Waals surface area contributed by atoms with Crippen LogP contribution in [0.5, 0.6) is 11.5 Å². The molecule has 0 aliphatic carbocycles. The Morgan fingerprint density at radius 1 is 0.714 bits per heavy atom. The molecular weight excluding hydrogens is 258 g/mol. The van der Waals surface area contributed by atoms with E-state index in [0.29, 0.717) is 0 Å². The third-order valence-corrected chi connectivity index (χ3v) is 4.03. The average Bonchev–Trinajstić information content (AvgIpc) is 2.54. The first-order valence-corrected chi connectivity index (χ1v) is 7.00. The predicted octanol–water partition coefficient (Wildman–Crippen LogP) is 5.16. The summed E-state index contributed by atoms with van der Waals surface area (Å²) >= 11 is 0. The number of fused-ring (bicyclic) bond motifs is 3. The lowest BCUT2D eigenvalue weighted by Gasteiger charge is -2.20. The van der Waals surface area contributed by atoms with Gasteiger partial charge in [-0.2, -0.15) is 0 Å². The van der Waals surface area contributed by atoms with Gasteiger partial charge >= 0.3 is 0 Å². The number of para-hydroxylation sites is 1. The Morgan fingerprint density at radius 2 is 1.52 bits per heavy atom. The molecule has 0 spiro atoms. The summed E-state index contributed by atoms with van der Waals surface area (Å²) in [7, 11) is 0. The Labute approximate surface area is 121 Å². The van der Waals surface area contributed by atoms with Gasteiger partial charge in [-0.25, -0.2) is 4.98 Å². The van der Waals surface area contributed by atoms with Crippen LogP contribution < -0.4 is 4.74 Å². The van der Waals surface area contributed by atoms with Gasteiger partial charge in [0.15, 0.2) is 5.75 Å². The van der Waals surface area contributed by atoms with E-state index in [1.54, 1.807) is 0 Å². The lowest BCUT2D eigenvalue weighted by molar-refractivity contribution is 0.485. The van der Waals surface area contributed by atoms with Crippen LogP contribution in [0.1, 0.15) is 0 Å². The standard InChI is InChI=1S/C19H11NO/c1-2-9-15-13(5-1)11-17-19(20-15)14-8-3-6-12-7-4-10-16(21-17)18(12)14/h1-11H. The van der Waals surface area contributed by atoms with Gasteiger partial charge in [0.1, 0.15) is 11.4 Å². The maximum absolute atomic E-state index is 6.10. The summed E-state index contributed by atoms with van der Waals surface area (Å²) in [6, 6.07) is 22.7.